The first-order valence-electron chi connectivity index (χ1n) is 9.25. The van der Waals surface area contributed by atoms with Crippen LogP contribution in [-0.4, -0.2) is 41.2 Å². The Kier molecular flexibility index (Phi) is 14.2. The summed E-state index contributed by atoms with van der Waals surface area (Å²) in [7, 11) is -2.47. The van der Waals surface area contributed by atoms with Gasteiger partial charge in [-0.2, -0.15) is 0 Å². The molecule has 0 saturated heterocycles. The fourth-order valence-corrected chi connectivity index (χ4v) is 5.13. The minimum Gasteiger partial charge on any atom is -0.462 e. The van der Waals surface area contributed by atoms with Gasteiger partial charge in [-0.05, 0) is 40.5 Å². The monoisotopic (exact) mass is 360 g/mol. The molecular formula is C18H36O5Si. The highest BCUT2D eigenvalue weighted by molar-refractivity contribution is 6.60. The van der Waals surface area contributed by atoms with Gasteiger partial charge in [0.15, 0.2) is 0 Å². The van der Waals surface area contributed by atoms with Crippen molar-refractivity contribution in [2.24, 2.45) is 0 Å². The highest BCUT2D eigenvalue weighted by atomic mass is 28.4. The molecule has 0 aromatic rings. The summed E-state index contributed by atoms with van der Waals surface area (Å²) in [4.78, 5) is 11.2. The summed E-state index contributed by atoms with van der Waals surface area (Å²) in [6.45, 7) is 13.6. The highest BCUT2D eigenvalue weighted by Gasteiger charge is 2.39. The van der Waals surface area contributed by atoms with E-state index in [-0.39, 0.29) is 5.97 Å². The Labute approximate surface area is 149 Å². The first kappa shape index (κ1) is 23.3. The van der Waals surface area contributed by atoms with Crippen LogP contribution in [0.25, 0.3) is 0 Å². The van der Waals surface area contributed by atoms with Crippen molar-refractivity contribution < 1.29 is 22.8 Å². The number of hydrogen-bond donors (Lipinski definition) is 0. The molecule has 0 spiro atoms. The Morgan fingerprint density at radius 2 is 1.29 bits per heavy atom. The SMILES string of the molecule is C=C(C)C(=O)OCCCCCCCC[Si](OCC)(OCC)OCC. The van der Waals surface area contributed by atoms with E-state index in [0.717, 1.165) is 38.1 Å². The Balaban J connectivity index is 3.78. The van der Waals surface area contributed by atoms with Crippen molar-refractivity contribution >= 4 is 14.8 Å². The Bertz CT molecular complexity index is 329. The third-order valence-corrected chi connectivity index (χ3v) is 6.70. The van der Waals surface area contributed by atoms with Gasteiger partial charge in [-0.25, -0.2) is 4.79 Å². The highest BCUT2D eigenvalue weighted by Crippen LogP contribution is 2.20. The molecule has 0 fully saturated rings. The maximum Gasteiger partial charge on any atom is 0.500 e. The first-order valence-corrected chi connectivity index (χ1v) is 11.2. The van der Waals surface area contributed by atoms with Gasteiger partial charge in [-0.1, -0.05) is 32.3 Å². The van der Waals surface area contributed by atoms with Crippen LogP contribution in [0.3, 0.4) is 0 Å². The van der Waals surface area contributed by atoms with Crippen molar-refractivity contribution in [3.63, 3.8) is 0 Å². The third kappa shape index (κ3) is 11.0. The standard InChI is InChI=1S/C18H36O5Si/c1-6-21-24(22-7-2,23-8-3)16-14-12-10-9-11-13-15-20-18(19)17(4)5/h4,6-16H2,1-3,5H3. The summed E-state index contributed by atoms with van der Waals surface area (Å²) >= 11 is 0. The molecule has 0 rings (SSSR count). The number of carbonyl (C=O) groups excluding carboxylic acids is 1. The van der Waals surface area contributed by atoms with Gasteiger partial charge in [0.2, 0.25) is 0 Å². The van der Waals surface area contributed by atoms with E-state index < -0.39 is 8.80 Å². The van der Waals surface area contributed by atoms with Crippen LogP contribution in [0.2, 0.25) is 6.04 Å². The fourth-order valence-electron chi connectivity index (χ4n) is 2.44. The second kappa shape index (κ2) is 14.6. The normalized spacial score (nSPS) is 11.5. The number of ether oxygens (including phenoxy) is 1. The van der Waals surface area contributed by atoms with Crippen LogP contribution in [0.5, 0.6) is 0 Å². The summed E-state index contributed by atoms with van der Waals surface area (Å²) in [5.41, 5.74) is 0.459. The van der Waals surface area contributed by atoms with E-state index >= 15 is 0 Å². The molecule has 0 aromatic heterocycles. The van der Waals surface area contributed by atoms with Crippen LogP contribution in [0.4, 0.5) is 0 Å². The molecule has 0 unspecified atom stereocenters. The molecule has 0 aliphatic heterocycles. The maximum absolute atomic E-state index is 11.2. The number of hydrogen-bond acceptors (Lipinski definition) is 5. The van der Waals surface area contributed by atoms with Crippen LogP contribution in [-0.2, 0) is 22.8 Å². The van der Waals surface area contributed by atoms with Crippen molar-refractivity contribution in [1.29, 1.82) is 0 Å². The Morgan fingerprint density at radius 3 is 1.75 bits per heavy atom. The molecule has 0 amide bonds. The zero-order valence-corrected chi connectivity index (χ0v) is 17.0. The summed E-state index contributed by atoms with van der Waals surface area (Å²) in [5.74, 6) is -0.293. The van der Waals surface area contributed by atoms with E-state index in [1.807, 2.05) is 20.8 Å². The third-order valence-electron chi connectivity index (χ3n) is 3.55. The molecule has 5 nitrogen and oxygen atoms in total. The Morgan fingerprint density at radius 1 is 0.833 bits per heavy atom. The summed E-state index contributed by atoms with van der Waals surface area (Å²) < 4.78 is 22.6. The summed E-state index contributed by atoms with van der Waals surface area (Å²) in [6, 6.07) is 0.888. The van der Waals surface area contributed by atoms with E-state index in [4.69, 9.17) is 18.0 Å². The molecule has 0 heterocycles. The molecule has 6 heteroatoms. The van der Waals surface area contributed by atoms with Crippen molar-refractivity contribution in [2.45, 2.75) is 72.3 Å². The van der Waals surface area contributed by atoms with Crippen LogP contribution in [0.1, 0.15) is 66.2 Å². The zero-order chi connectivity index (χ0) is 18.3. The van der Waals surface area contributed by atoms with Gasteiger partial charge in [-0.3, -0.25) is 0 Å². The predicted octanol–water partition coefficient (Wildman–Crippen LogP) is 4.49. The van der Waals surface area contributed by atoms with Crippen LogP contribution < -0.4 is 0 Å². The molecule has 24 heavy (non-hydrogen) atoms. The Hall–Kier alpha value is -0.693. The van der Waals surface area contributed by atoms with E-state index in [1.165, 1.54) is 6.42 Å². The fraction of sp³-hybridized carbons (Fsp3) is 0.833. The molecule has 0 bridgehead atoms. The van der Waals surface area contributed by atoms with Gasteiger partial charge in [-0.15, -0.1) is 0 Å². The van der Waals surface area contributed by atoms with Crippen molar-refractivity contribution in [1.82, 2.24) is 0 Å². The van der Waals surface area contributed by atoms with Gasteiger partial charge in [0.1, 0.15) is 0 Å². The number of carbonyl (C=O) groups is 1. The average molecular weight is 361 g/mol. The van der Waals surface area contributed by atoms with E-state index in [9.17, 15) is 4.79 Å². The quantitative estimate of drug-likeness (QED) is 0.176. The van der Waals surface area contributed by atoms with Gasteiger partial charge in [0, 0.05) is 31.4 Å². The number of esters is 1. The topological polar surface area (TPSA) is 54.0 Å². The summed E-state index contributed by atoms with van der Waals surface area (Å²) in [6.07, 6.45) is 6.52. The molecule has 0 aromatic carbocycles. The summed E-state index contributed by atoms with van der Waals surface area (Å²) in [5, 5.41) is 0. The molecule has 0 aliphatic rings. The molecule has 0 N–H and O–H groups in total. The minimum atomic E-state index is -2.47. The van der Waals surface area contributed by atoms with Gasteiger partial charge >= 0.3 is 14.8 Å². The van der Waals surface area contributed by atoms with Crippen molar-refractivity contribution in [3.05, 3.63) is 12.2 Å². The average Bonchev–Trinajstić information content (AvgIpc) is 2.53. The molecule has 142 valence electrons. The van der Waals surface area contributed by atoms with Gasteiger partial charge in [0.25, 0.3) is 0 Å². The first-order chi connectivity index (χ1) is 11.5. The number of unbranched alkanes of at least 4 members (excludes halogenated alkanes) is 5. The second-order valence-electron chi connectivity index (χ2n) is 5.77. The van der Waals surface area contributed by atoms with E-state index in [2.05, 4.69) is 6.58 Å². The largest absolute Gasteiger partial charge is 0.500 e. The van der Waals surface area contributed by atoms with E-state index in [1.54, 1.807) is 6.92 Å². The zero-order valence-electron chi connectivity index (χ0n) is 16.0. The maximum atomic E-state index is 11.2. The van der Waals surface area contributed by atoms with Gasteiger partial charge < -0.3 is 18.0 Å². The minimum absolute atomic E-state index is 0.293. The molecular weight excluding hydrogens is 324 g/mol. The van der Waals surface area contributed by atoms with Crippen LogP contribution in [0, 0.1) is 0 Å². The lowest BCUT2D eigenvalue weighted by Gasteiger charge is -2.28. The van der Waals surface area contributed by atoms with Crippen LogP contribution in [0.15, 0.2) is 12.2 Å². The lowest BCUT2D eigenvalue weighted by molar-refractivity contribution is -0.139. The molecule has 0 radical (unpaired) electrons. The van der Waals surface area contributed by atoms with Crippen LogP contribution >= 0.6 is 0 Å². The van der Waals surface area contributed by atoms with Crippen molar-refractivity contribution in [2.75, 3.05) is 26.4 Å². The molecule has 0 aliphatic carbocycles. The lowest BCUT2D eigenvalue weighted by Crippen LogP contribution is -2.45. The van der Waals surface area contributed by atoms with Crippen molar-refractivity contribution in [3.8, 4) is 0 Å². The molecule has 0 saturated carbocycles. The number of rotatable bonds is 16. The van der Waals surface area contributed by atoms with E-state index in [0.29, 0.717) is 32.0 Å². The second-order valence-corrected chi connectivity index (χ2v) is 8.50. The van der Waals surface area contributed by atoms with Gasteiger partial charge in [0.05, 0.1) is 6.61 Å². The lowest BCUT2D eigenvalue weighted by atomic mass is 10.1. The smallest absolute Gasteiger partial charge is 0.462 e. The molecule has 0 atom stereocenters. The predicted molar refractivity (Wildman–Crippen MR) is 98.9 cm³/mol.